The smallest absolute Gasteiger partial charge is 0.420 e. The average Bonchev–Trinajstić information content (AvgIpc) is 2.39. The Balaban J connectivity index is 5.71. The maximum Gasteiger partial charge on any atom is 0.420 e. The van der Waals surface area contributed by atoms with Crippen LogP contribution < -0.4 is 0 Å². The van der Waals surface area contributed by atoms with Gasteiger partial charge in [0.25, 0.3) is 0 Å². The number of hydrogen-bond donors (Lipinski definition) is 1. The van der Waals surface area contributed by atoms with E-state index in [0.717, 1.165) is 0 Å². The summed E-state index contributed by atoms with van der Waals surface area (Å²) >= 11 is 0. The predicted molar refractivity (Wildman–Crippen MR) is 91.0 cm³/mol. The average molecular weight is 361 g/mol. The van der Waals surface area contributed by atoms with E-state index < -0.39 is 35.4 Å². The van der Waals surface area contributed by atoms with Gasteiger partial charge in [0.05, 0.1) is 6.61 Å². The molecule has 0 aromatic rings. The number of carbonyl (C=O) groups excluding carboxylic acids is 3. The molecule has 1 N–H and O–H groups in total. The van der Waals surface area contributed by atoms with E-state index in [-0.39, 0.29) is 26.1 Å². The van der Waals surface area contributed by atoms with Crippen molar-refractivity contribution >= 4 is 18.2 Å². The van der Waals surface area contributed by atoms with Gasteiger partial charge in [0.1, 0.15) is 17.2 Å². The number of imide groups is 1. The van der Waals surface area contributed by atoms with E-state index in [9.17, 15) is 14.4 Å². The zero-order valence-corrected chi connectivity index (χ0v) is 16.2. The molecule has 0 saturated heterocycles. The van der Waals surface area contributed by atoms with Crippen molar-refractivity contribution in [3.63, 3.8) is 0 Å². The van der Waals surface area contributed by atoms with Crippen LogP contribution in [0.4, 0.5) is 9.59 Å². The van der Waals surface area contributed by atoms with Crippen molar-refractivity contribution in [2.24, 2.45) is 0 Å². The van der Waals surface area contributed by atoms with Crippen LogP contribution in [0.15, 0.2) is 0 Å². The third kappa shape index (κ3) is 9.28. The van der Waals surface area contributed by atoms with Crippen LogP contribution in [0.3, 0.4) is 0 Å². The molecule has 0 aromatic heterocycles. The molecule has 0 aliphatic rings. The lowest BCUT2D eigenvalue weighted by molar-refractivity contribution is -0.149. The molecular formula is C17H31NO7. The highest BCUT2D eigenvalue weighted by atomic mass is 16.6. The highest BCUT2D eigenvalue weighted by molar-refractivity contribution is 5.94. The minimum absolute atomic E-state index is 0.0355. The Morgan fingerprint density at radius 3 is 1.72 bits per heavy atom. The normalized spacial score (nSPS) is 13.0. The van der Waals surface area contributed by atoms with E-state index in [2.05, 4.69) is 0 Å². The van der Waals surface area contributed by atoms with Crippen LogP contribution >= 0.6 is 0 Å². The molecule has 146 valence electrons. The molecule has 0 heterocycles. The lowest BCUT2D eigenvalue weighted by Crippen LogP contribution is -2.52. The number of carbonyl (C=O) groups is 3. The van der Waals surface area contributed by atoms with E-state index in [1.165, 1.54) is 0 Å². The summed E-state index contributed by atoms with van der Waals surface area (Å²) in [6.07, 6.45) is -1.77. The summed E-state index contributed by atoms with van der Waals surface area (Å²) in [6, 6.07) is -1.24. The van der Waals surface area contributed by atoms with Crippen LogP contribution in [-0.2, 0) is 19.0 Å². The minimum Gasteiger partial charge on any atom is -0.464 e. The minimum atomic E-state index is -1.24. The number of rotatable bonds is 6. The lowest BCUT2D eigenvalue weighted by Gasteiger charge is -2.32. The number of hydrogen-bond acceptors (Lipinski definition) is 7. The van der Waals surface area contributed by atoms with Crippen LogP contribution in [-0.4, -0.2) is 58.6 Å². The Labute approximate surface area is 149 Å². The summed E-state index contributed by atoms with van der Waals surface area (Å²) in [6.45, 7) is 11.4. The van der Waals surface area contributed by atoms with Gasteiger partial charge in [-0.2, -0.15) is 4.90 Å². The van der Waals surface area contributed by atoms with Crippen molar-refractivity contribution in [3.05, 3.63) is 0 Å². The molecule has 1 atom stereocenters. The fourth-order valence-corrected chi connectivity index (χ4v) is 1.83. The third-order valence-electron chi connectivity index (χ3n) is 2.69. The third-order valence-corrected chi connectivity index (χ3v) is 2.69. The Morgan fingerprint density at radius 2 is 1.40 bits per heavy atom. The Bertz CT molecular complexity index is 435. The molecule has 0 aliphatic carbocycles. The zero-order chi connectivity index (χ0) is 19.8. The Morgan fingerprint density at radius 1 is 0.960 bits per heavy atom. The van der Waals surface area contributed by atoms with E-state index in [0.29, 0.717) is 4.90 Å². The quantitative estimate of drug-likeness (QED) is 0.573. The first-order chi connectivity index (χ1) is 11.3. The van der Waals surface area contributed by atoms with Crippen molar-refractivity contribution < 1.29 is 33.7 Å². The number of ether oxygens (including phenoxy) is 3. The standard InChI is InChI=1S/C17H31NO7/c1-8-23-13(20)12(10-9-11-19)18(14(21)24-16(2,3)4)15(22)25-17(5,6)7/h12,19H,8-11H2,1-7H3/t12-/m1/s1. The molecule has 0 aliphatic heterocycles. The molecule has 2 amide bonds. The maximum absolute atomic E-state index is 12.5. The van der Waals surface area contributed by atoms with Crippen LogP contribution in [0.25, 0.3) is 0 Å². The first kappa shape index (κ1) is 23.2. The summed E-state index contributed by atoms with van der Waals surface area (Å²) < 4.78 is 15.4. The first-order valence-electron chi connectivity index (χ1n) is 8.35. The molecule has 0 rings (SSSR count). The van der Waals surface area contributed by atoms with Gasteiger partial charge in [-0.25, -0.2) is 14.4 Å². The topological polar surface area (TPSA) is 102 Å². The van der Waals surface area contributed by atoms with Gasteiger partial charge in [0.15, 0.2) is 0 Å². The molecule has 0 fully saturated rings. The molecule has 0 saturated carbocycles. The van der Waals surface area contributed by atoms with Gasteiger partial charge in [0.2, 0.25) is 0 Å². The summed E-state index contributed by atoms with van der Waals surface area (Å²) in [5.74, 6) is -0.757. The number of aliphatic hydroxyl groups is 1. The van der Waals surface area contributed by atoms with Gasteiger partial charge in [-0.1, -0.05) is 0 Å². The van der Waals surface area contributed by atoms with Gasteiger partial charge in [-0.15, -0.1) is 0 Å². The SMILES string of the molecule is CCOC(=O)[C@@H](CCCO)N(C(=O)OC(C)(C)C)C(=O)OC(C)(C)C. The largest absolute Gasteiger partial charge is 0.464 e. The molecule has 0 bridgehead atoms. The molecule has 0 spiro atoms. The molecular weight excluding hydrogens is 330 g/mol. The summed E-state index contributed by atoms with van der Waals surface area (Å²) in [7, 11) is 0. The van der Waals surface area contributed by atoms with E-state index in [4.69, 9.17) is 19.3 Å². The van der Waals surface area contributed by atoms with Crippen molar-refractivity contribution in [1.82, 2.24) is 4.90 Å². The highest BCUT2D eigenvalue weighted by Gasteiger charge is 2.40. The van der Waals surface area contributed by atoms with Gasteiger partial charge in [-0.3, -0.25) is 0 Å². The van der Waals surface area contributed by atoms with E-state index in [1.807, 2.05) is 0 Å². The number of esters is 1. The molecule has 25 heavy (non-hydrogen) atoms. The maximum atomic E-state index is 12.5. The second-order valence-corrected chi connectivity index (χ2v) is 7.46. The highest BCUT2D eigenvalue weighted by Crippen LogP contribution is 2.19. The van der Waals surface area contributed by atoms with Gasteiger partial charge in [0, 0.05) is 6.61 Å². The summed E-state index contributed by atoms with van der Waals surface area (Å²) in [5.41, 5.74) is -1.74. The Kier molecular flexibility index (Phi) is 8.90. The predicted octanol–water partition coefficient (Wildman–Crippen LogP) is 2.86. The summed E-state index contributed by atoms with van der Waals surface area (Å²) in [4.78, 5) is 38.0. The number of aliphatic hydroxyl groups excluding tert-OH is 1. The summed E-state index contributed by atoms with van der Waals surface area (Å²) in [5, 5.41) is 9.06. The van der Waals surface area contributed by atoms with Gasteiger partial charge in [-0.05, 0) is 61.3 Å². The fourth-order valence-electron chi connectivity index (χ4n) is 1.83. The first-order valence-corrected chi connectivity index (χ1v) is 8.35. The van der Waals surface area contributed by atoms with E-state index in [1.54, 1.807) is 48.5 Å². The molecule has 8 heteroatoms. The van der Waals surface area contributed by atoms with Gasteiger partial charge < -0.3 is 19.3 Å². The monoisotopic (exact) mass is 361 g/mol. The lowest BCUT2D eigenvalue weighted by atomic mass is 10.1. The fraction of sp³-hybridized carbons (Fsp3) is 0.824. The molecule has 8 nitrogen and oxygen atoms in total. The van der Waals surface area contributed by atoms with Crippen molar-refractivity contribution in [3.8, 4) is 0 Å². The van der Waals surface area contributed by atoms with Crippen molar-refractivity contribution in [1.29, 1.82) is 0 Å². The van der Waals surface area contributed by atoms with Crippen molar-refractivity contribution in [2.75, 3.05) is 13.2 Å². The zero-order valence-electron chi connectivity index (χ0n) is 16.2. The number of nitrogens with zero attached hydrogens (tertiary/aromatic N) is 1. The number of amides is 2. The molecule has 0 radical (unpaired) electrons. The van der Waals surface area contributed by atoms with E-state index >= 15 is 0 Å². The Hall–Kier alpha value is -1.83. The molecule has 0 unspecified atom stereocenters. The van der Waals surface area contributed by atoms with Crippen LogP contribution in [0.2, 0.25) is 0 Å². The second-order valence-electron chi connectivity index (χ2n) is 7.46. The van der Waals surface area contributed by atoms with Crippen LogP contribution in [0.5, 0.6) is 0 Å². The molecule has 0 aromatic carbocycles. The van der Waals surface area contributed by atoms with Crippen LogP contribution in [0.1, 0.15) is 61.3 Å². The van der Waals surface area contributed by atoms with Crippen molar-refractivity contribution in [2.45, 2.75) is 78.6 Å². The van der Waals surface area contributed by atoms with Gasteiger partial charge >= 0.3 is 18.2 Å². The van der Waals surface area contributed by atoms with Crippen LogP contribution in [0, 0.1) is 0 Å². The second kappa shape index (κ2) is 9.60.